The Kier molecular flexibility index (Phi) is 3.15. The van der Waals surface area contributed by atoms with Gasteiger partial charge in [0.25, 0.3) is 0 Å². The number of rotatable bonds is 4. The standard InChI is InChI=1S/C13H14N2O/c1-11-13(7-8-16)10-15(14-11)9-12-5-3-2-4-6-12/h2-6,8,10H,7,9H2,1H3. The topological polar surface area (TPSA) is 34.9 Å². The van der Waals surface area contributed by atoms with E-state index in [9.17, 15) is 4.79 Å². The maximum Gasteiger partial charge on any atom is 0.124 e. The molecule has 1 heterocycles. The smallest absolute Gasteiger partial charge is 0.124 e. The van der Waals surface area contributed by atoms with Crippen LogP contribution in [0.2, 0.25) is 0 Å². The Bertz CT molecular complexity index is 474. The van der Waals surface area contributed by atoms with Crippen LogP contribution in [0.4, 0.5) is 0 Å². The minimum absolute atomic E-state index is 0.445. The van der Waals surface area contributed by atoms with Gasteiger partial charge in [0.1, 0.15) is 6.29 Å². The van der Waals surface area contributed by atoms with Gasteiger partial charge in [-0.05, 0) is 12.5 Å². The fraction of sp³-hybridized carbons (Fsp3) is 0.231. The van der Waals surface area contributed by atoms with Crippen LogP contribution in [0.3, 0.4) is 0 Å². The Labute approximate surface area is 94.7 Å². The third kappa shape index (κ3) is 2.37. The molecule has 0 fully saturated rings. The van der Waals surface area contributed by atoms with Crippen molar-refractivity contribution < 1.29 is 4.79 Å². The highest BCUT2D eigenvalue weighted by Crippen LogP contribution is 2.08. The molecule has 16 heavy (non-hydrogen) atoms. The van der Waals surface area contributed by atoms with Crippen LogP contribution in [0, 0.1) is 6.92 Å². The van der Waals surface area contributed by atoms with Gasteiger partial charge in [0.05, 0.1) is 12.2 Å². The molecule has 0 spiro atoms. The maximum absolute atomic E-state index is 10.5. The van der Waals surface area contributed by atoms with E-state index < -0.39 is 0 Å². The number of hydrogen-bond acceptors (Lipinski definition) is 2. The van der Waals surface area contributed by atoms with Gasteiger partial charge in [-0.15, -0.1) is 0 Å². The minimum atomic E-state index is 0.445. The summed E-state index contributed by atoms with van der Waals surface area (Å²) in [6.07, 6.45) is 3.30. The monoisotopic (exact) mass is 214 g/mol. The van der Waals surface area contributed by atoms with Crippen molar-refractivity contribution in [2.75, 3.05) is 0 Å². The molecule has 3 heteroatoms. The Hall–Kier alpha value is -1.90. The van der Waals surface area contributed by atoms with E-state index in [-0.39, 0.29) is 0 Å². The van der Waals surface area contributed by atoms with Gasteiger partial charge < -0.3 is 4.79 Å². The van der Waals surface area contributed by atoms with Gasteiger partial charge in [-0.25, -0.2) is 0 Å². The molecule has 0 saturated heterocycles. The van der Waals surface area contributed by atoms with Gasteiger partial charge in [0.15, 0.2) is 0 Å². The first-order valence-electron chi connectivity index (χ1n) is 5.30. The van der Waals surface area contributed by atoms with Crippen LogP contribution in [0.5, 0.6) is 0 Å². The molecule has 0 aliphatic carbocycles. The second-order valence-electron chi connectivity index (χ2n) is 3.79. The third-order valence-electron chi connectivity index (χ3n) is 2.54. The van der Waals surface area contributed by atoms with Crippen molar-refractivity contribution in [3.05, 3.63) is 53.3 Å². The summed E-state index contributed by atoms with van der Waals surface area (Å²) in [5, 5.41) is 4.38. The van der Waals surface area contributed by atoms with E-state index in [1.54, 1.807) is 0 Å². The first-order chi connectivity index (χ1) is 7.79. The van der Waals surface area contributed by atoms with E-state index >= 15 is 0 Å². The number of aryl methyl sites for hydroxylation is 1. The SMILES string of the molecule is Cc1nn(Cc2ccccc2)cc1CC=O. The molecule has 0 unspecified atom stereocenters. The summed E-state index contributed by atoms with van der Waals surface area (Å²) in [7, 11) is 0. The number of carbonyl (C=O) groups excluding carboxylic acids is 1. The van der Waals surface area contributed by atoms with Crippen LogP contribution in [0.15, 0.2) is 36.5 Å². The predicted molar refractivity (Wildman–Crippen MR) is 62.3 cm³/mol. The van der Waals surface area contributed by atoms with Gasteiger partial charge in [0.2, 0.25) is 0 Å². The molecule has 0 N–H and O–H groups in total. The van der Waals surface area contributed by atoms with E-state index in [4.69, 9.17) is 0 Å². The summed E-state index contributed by atoms with van der Waals surface area (Å²) in [4.78, 5) is 10.5. The van der Waals surface area contributed by atoms with Crippen molar-refractivity contribution in [2.45, 2.75) is 19.9 Å². The van der Waals surface area contributed by atoms with E-state index in [1.165, 1.54) is 5.56 Å². The predicted octanol–water partition coefficient (Wildman–Crippen LogP) is 1.98. The summed E-state index contributed by atoms with van der Waals surface area (Å²) in [5.41, 5.74) is 3.15. The number of nitrogens with zero attached hydrogens (tertiary/aromatic N) is 2. The number of hydrogen-bond donors (Lipinski definition) is 0. The zero-order valence-electron chi connectivity index (χ0n) is 9.26. The van der Waals surface area contributed by atoms with Crippen LogP contribution in [0.25, 0.3) is 0 Å². The fourth-order valence-electron chi connectivity index (χ4n) is 1.70. The highest BCUT2D eigenvalue weighted by atomic mass is 16.1. The molecule has 2 rings (SSSR count). The fourth-order valence-corrected chi connectivity index (χ4v) is 1.70. The molecule has 3 nitrogen and oxygen atoms in total. The summed E-state index contributed by atoms with van der Waals surface area (Å²) < 4.78 is 1.88. The van der Waals surface area contributed by atoms with Crippen LogP contribution in [0.1, 0.15) is 16.8 Å². The van der Waals surface area contributed by atoms with Crippen LogP contribution in [-0.2, 0) is 17.8 Å². The van der Waals surface area contributed by atoms with Gasteiger partial charge in [-0.2, -0.15) is 5.10 Å². The van der Waals surface area contributed by atoms with Crippen LogP contribution < -0.4 is 0 Å². The van der Waals surface area contributed by atoms with Crippen molar-refractivity contribution in [3.63, 3.8) is 0 Å². The molecule has 1 aromatic carbocycles. The molecule has 0 aliphatic heterocycles. The lowest BCUT2D eigenvalue weighted by molar-refractivity contribution is -0.107. The Morgan fingerprint density at radius 2 is 2.06 bits per heavy atom. The van der Waals surface area contributed by atoms with E-state index in [2.05, 4.69) is 17.2 Å². The van der Waals surface area contributed by atoms with Crippen LogP contribution >= 0.6 is 0 Å². The van der Waals surface area contributed by atoms with E-state index in [0.29, 0.717) is 6.42 Å². The van der Waals surface area contributed by atoms with Gasteiger partial charge >= 0.3 is 0 Å². The molecule has 1 aromatic heterocycles. The molecular weight excluding hydrogens is 200 g/mol. The van der Waals surface area contributed by atoms with Crippen molar-refractivity contribution in [2.24, 2.45) is 0 Å². The summed E-state index contributed by atoms with van der Waals surface area (Å²) >= 11 is 0. The van der Waals surface area contributed by atoms with Crippen molar-refractivity contribution in [3.8, 4) is 0 Å². The zero-order chi connectivity index (χ0) is 11.4. The second-order valence-corrected chi connectivity index (χ2v) is 3.79. The number of carbonyl (C=O) groups is 1. The Balaban J connectivity index is 2.16. The third-order valence-corrected chi connectivity index (χ3v) is 2.54. The van der Waals surface area contributed by atoms with Gasteiger partial charge in [-0.1, -0.05) is 30.3 Å². The van der Waals surface area contributed by atoms with Crippen molar-refractivity contribution in [1.82, 2.24) is 9.78 Å². The molecule has 0 saturated carbocycles. The normalized spacial score (nSPS) is 10.3. The highest BCUT2D eigenvalue weighted by molar-refractivity contribution is 5.55. The largest absolute Gasteiger partial charge is 0.303 e. The number of aromatic nitrogens is 2. The van der Waals surface area contributed by atoms with E-state index in [1.807, 2.05) is 36.0 Å². The second kappa shape index (κ2) is 4.75. The molecular formula is C13H14N2O. The van der Waals surface area contributed by atoms with Gasteiger partial charge in [-0.3, -0.25) is 4.68 Å². The van der Waals surface area contributed by atoms with Crippen LogP contribution in [-0.4, -0.2) is 16.1 Å². The first-order valence-corrected chi connectivity index (χ1v) is 5.30. The molecule has 82 valence electrons. The molecule has 0 aliphatic rings. The van der Waals surface area contributed by atoms with Gasteiger partial charge in [0, 0.05) is 18.2 Å². The highest BCUT2D eigenvalue weighted by Gasteiger charge is 2.04. The van der Waals surface area contributed by atoms with Crippen molar-refractivity contribution in [1.29, 1.82) is 0 Å². The summed E-state index contributed by atoms with van der Waals surface area (Å²) in [6, 6.07) is 10.2. The molecule has 2 aromatic rings. The zero-order valence-corrected chi connectivity index (χ0v) is 9.26. The van der Waals surface area contributed by atoms with Crippen molar-refractivity contribution >= 4 is 6.29 Å². The average molecular weight is 214 g/mol. The summed E-state index contributed by atoms with van der Waals surface area (Å²) in [5.74, 6) is 0. The lowest BCUT2D eigenvalue weighted by Crippen LogP contribution is -1.99. The number of benzene rings is 1. The molecule has 0 bridgehead atoms. The molecule has 0 radical (unpaired) electrons. The Morgan fingerprint density at radius 3 is 2.75 bits per heavy atom. The number of aldehydes is 1. The lowest BCUT2D eigenvalue weighted by atomic mass is 10.2. The Morgan fingerprint density at radius 1 is 1.31 bits per heavy atom. The summed E-state index contributed by atoms with van der Waals surface area (Å²) in [6.45, 7) is 2.68. The minimum Gasteiger partial charge on any atom is -0.303 e. The molecule has 0 amide bonds. The molecule has 0 atom stereocenters. The quantitative estimate of drug-likeness (QED) is 0.729. The lowest BCUT2D eigenvalue weighted by Gasteiger charge is -2.00. The first kappa shape index (κ1) is 10.6. The average Bonchev–Trinajstić information content (AvgIpc) is 2.61. The maximum atomic E-state index is 10.5. The van der Waals surface area contributed by atoms with E-state index in [0.717, 1.165) is 24.1 Å².